The molecule has 1 N–H and O–H groups in total. The van der Waals surface area contributed by atoms with Gasteiger partial charge in [-0.15, -0.1) is 0 Å². The smallest absolute Gasteiger partial charge is 0.179 e. The lowest BCUT2D eigenvalue weighted by Gasteiger charge is -2.07. The average Bonchev–Trinajstić information content (AvgIpc) is 2.91. The second kappa shape index (κ2) is 4.86. The third-order valence-corrected chi connectivity index (χ3v) is 3.94. The highest BCUT2D eigenvalue weighted by Gasteiger charge is 2.14. The van der Waals surface area contributed by atoms with Crippen LogP contribution in [-0.2, 0) is 20.0 Å². The number of imidazole rings is 1. The van der Waals surface area contributed by atoms with E-state index in [2.05, 4.69) is 33.5 Å². The second-order valence-corrected chi connectivity index (χ2v) is 5.33. The largest absolute Gasteiger partial charge is 0.328 e. The number of H-pyrrole nitrogens is 1. The number of aryl methyl sites for hydroxylation is 3. The van der Waals surface area contributed by atoms with Crippen molar-refractivity contribution in [3.05, 3.63) is 40.1 Å². The molecule has 3 aromatic heterocycles. The van der Waals surface area contributed by atoms with E-state index in [9.17, 15) is 0 Å². The van der Waals surface area contributed by atoms with Gasteiger partial charge in [-0.05, 0) is 42.8 Å². The second-order valence-electron chi connectivity index (χ2n) is 4.94. The molecule has 0 atom stereocenters. The normalized spacial score (nSPS) is 11.3. The summed E-state index contributed by atoms with van der Waals surface area (Å²) in [7, 11) is 1.96. The zero-order chi connectivity index (χ0) is 14.3. The Balaban J connectivity index is 2.17. The van der Waals surface area contributed by atoms with Crippen molar-refractivity contribution in [1.29, 1.82) is 0 Å². The van der Waals surface area contributed by atoms with Gasteiger partial charge in [0.1, 0.15) is 5.52 Å². The van der Waals surface area contributed by atoms with Gasteiger partial charge in [0.25, 0.3) is 0 Å². The lowest BCUT2D eigenvalue weighted by Crippen LogP contribution is -2.05. The summed E-state index contributed by atoms with van der Waals surface area (Å²) >= 11 is 5.47. The molecule has 0 spiro atoms. The van der Waals surface area contributed by atoms with Crippen molar-refractivity contribution in [3.8, 4) is 0 Å². The molecule has 0 aliphatic carbocycles. The number of hydrogen-bond donors (Lipinski definition) is 1. The third-order valence-electron chi connectivity index (χ3n) is 3.62. The van der Waals surface area contributed by atoms with Crippen molar-refractivity contribution in [1.82, 2.24) is 24.3 Å². The van der Waals surface area contributed by atoms with Gasteiger partial charge in [0.05, 0.1) is 12.2 Å². The van der Waals surface area contributed by atoms with Crippen molar-refractivity contribution in [2.45, 2.75) is 26.8 Å². The average molecular weight is 287 g/mol. The molecule has 0 aromatic carbocycles. The fourth-order valence-corrected chi connectivity index (χ4v) is 2.77. The molecule has 3 aromatic rings. The summed E-state index contributed by atoms with van der Waals surface area (Å²) in [4.78, 5) is 7.42. The van der Waals surface area contributed by atoms with Crippen LogP contribution in [0.3, 0.4) is 0 Å². The molecule has 5 nitrogen and oxygen atoms in total. The van der Waals surface area contributed by atoms with Gasteiger partial charge in [-0.2, -0.15) is 5.10 Å². The van der Waals surface area contributed by atoms with Crippen LogP contribution in [0, 0.1) is 11.7 Å². The highest BCUT2D eigenvalue weighted by molar-refractivity contribution is 7.71. The number of aromatic nitrogens is 5. The Bertz CT molecular complexity index is 824. The van der Waals surface area contributed by atoms with Gasteiger partial charge in [0.2, 0.25) is 0 Å². The lowest BCUT2D eigenvalue weighted by molar-refractivity contribution is 0.707. The molecule has 6 heteroatoms. The van der Waals surface area contributed by atoms with E-state index in [1.807, 2.05) is 30.2 Å². The van der Waals surface area contributed by atoms with Gasteiger partial charge in [-0.25, -0.2) is 0 Å². The first-order chi connectivity index (χ1) is 9.61. The molecular formula is C14H17N5S. The SMILES string of the molecule is CCc1nn(C)c2c1[nH]c(=S)n2Cc1ccncc1C. The zero-order valence-electron chi connectivity index (χ0n) is 11.8. The van der Waals surface area contributed by atoms with Crippen molar-refractivity contribution in [3.63, 3.8) is 0 Å². The van der Waals surface area contributed by atoms with Crippen molar-refractivity contribution >= 4 is 23.4 Å². The molecule has 0 radical (unpaired) electrons. The Hall–Kier alpha value is -1.95. The molecule has 0 aliphatic rings. The molecule has 0 fully saturated rings. The quantitative estimate of drug-likeness (QED) is 0.754. The van der Waals surface area contributed by atoms with E-state index >= 15 is 0 Å². The first kappa shape index (κ1) is 13.1. The molecule has 104 valence electrons. The minimum atomic E-state index is 0.732. The summed E-state index contributed by atoms with van der Waals surface area (Å²) in [6.45, 7) is 4.90. The Morgan fingerprint density at radius 3 is 2.90 bits per heavy atom. The summed E-state index contributed by atoms with van der Waals surface area (Å²) in [6.07, 6.45) is 4.58. The van der Waals surface area contributed by atoms with Crippen molar-refractivity contribution in [2.24, 2.45) is 7.05 Å². The maximum atomic E-state index is 5.47. The maximum Gasteiger partial charge on any atom is 0.179 e. The molecule has 0 bridgehead atoms. The summed E-state index contributed by atoms with van der Waals surface area (Å²) < 4.78 is 4.73. The number of nitrogens with zero attached hydrogens (tertiary/aromatic N) is 4. The zero-order valence-corrected chi connectivity index (χ0v) is 12.7. The summed E-state index contributed by atoms with van der Waals surface area (Å²) in [5, 5.41) is 4.54. The van der Waals surface area contributed by atoms with Gasteiger partial charge < -0.3 is 4.98 Å². The number of fused-ring (bicyclic) bond motifs is 1. The Morgan fingerprint density at radius 2 is 2.20 bits per heavy atom. The Morgan fingerprint density at radius 1 is 1.40 bits per heavy atom. The maximum absolute atomic E-state index is 5.47. The van der Waals surface area contributed by atoms with Gasteiger partial charge >= 0.3 is 0 Å². The van der Waals surface area contributed by atoms with Gasteiger partial charge in [-0.1, -0.05) is 6.92 Å². The van der Waals surface area contributed by atoms with Crippen molar-refractivity contribution in [2.75, 3.05) is 0 Å². The van der Waals surface area contributed by atoms with E-state index in [4.69, 9.17) is 12.2 Å². The Kier molecular flexibility index (Phi) is 3.17. The van der Waals surface area contributed by atoms with E-state index in [1.165, 1.54) is 11.1 Å². The highest BCUT2D eigenvalue weighted by atomic mass is 32.1. The molecule has 3 heterocycles. The van der Waals surface area contributed by atoms with Crippen LogP contribution >= 0.6 is 12.2 Å². The highest BCUT2D eigenvalue weighted by Crippen LogP contribution is 2.20. The van der Waals surface area contributed by atoms with Crippen LogP contribution in [0.2, 0.25) is 0 Å². The fourth-order valence-electron chi connectivity index (χ4n) is 2.52. The van der Waals surface area contributed by atoms with Gasteiger partial charge in [0.15, 0.2) is 10.4 Å². The van der Waals surface area contributed by atoms with Crippen molar-refractivity contribution < 1.29 is 0 Å². The van der Waals surface area contributed by atoms with E-state index in [-0.39, 0.29) is 0 Å². The Labute approximate surface area is 122 Å². The molecule has 0 saturated carbocycles. The minimum absolute atomic E-state index is 0.732. The summed E-state index contributed by atoms with van der Waals surface area (Å²) in [5.41, 5.74) is 5.53. The number of pyridine rings is 1. The van der Waals surface area contributed by atoms with E-state index in [0.29, 0.717) is 0 Å². The molecule has 3 rings (SSSR count). The van der Waals surface area contributed by atoms with Crippen LogP contribution in [0.4, 0.5) is 0 Å². The topological polar surface area (TPSA) is 51.4 Å². The first-order valence-corrected chi connectivity index (χ1v) is 7.06. The molecule has 0 unspecified atom stereocenters. The first-order valence-electron chi connectivity index (χ1n) is 6.65. The summed E-state index contributed by atoms with van der Waals surface area (Å²) in [6, 6.07) is 2.03. The number of nitrogens with one attached hydrogen (secondary N) is 1. The van der Waals surface area contributed by atoms with Gasteiger partial charge in [0, 0.05) is 19.4 Å². The van der Waals surface area contributed by atoms with Crippen LogP contribution in [0.25, 0.3) is 11.2 Å². The van der Waals surface area contributed by atoms with Crippen LogP contribution in [0.5, 0.6) is 0 Å². The van der Waals surface area contributed by atoms with Gasteiger partial charge in [-0.3, -0.25) is 14.2 Å². The lowest BCUT2D eigenvalue weighted by atomic mass is 10.1. The molecule has 0 amide bonds. The molecular weight excluding hydrogens is 270 g/mol. The van der Waals surface area contributed by atoms with Crippen LogP contribution in [0.1, 0.15) is 23.7 Å². The predicted molar refractivity (Wildman–Crippen MR) is 81.3 cm³/mol. The fraction of sp³-hybridized carbons (Fsp3) is 0.357. The van der Waals surface area contributed by atoms with E-state index < -0.39 is 0 Å². The monoisotopic (exact) mass is 287 g/mol. The molecule has 0 aliphatic heterocycles. The standard InChI is InChI=1S/C14H17N5S/c1-4-11-12-13(18(3)17-11)19(14(20)16-12)8-10-5-6-15-7-9(10)2/h5-7H,4,8H2,1-3H3,(H,16,20). The molecule has 20 heavy (non-hydrogen) atoms. The third kappa shape index (κ3) is 1.96. The minimum Gasteiger partial charge on any atom is -0.328 e. The summed E-state index contributed by atoms with van der Waals surface area (Å²) in [5.74, 6) is 0. The van der Waals surface area contributed by atoms with Crippen LogP contribution in [-0.4, -0.2) is 24.3 Å². The number of aromatic amines is 1. The number of hydrogen-bond acceptors (Lipinski definition) is 3. The number of rotatable bonds is 3. The van der Waals surface area contributed by atoms with Crippen LogP contribution in [0.15, 0.2) is 18.5 Å². The van der Waals surface area contributed by atoms with Crippen LogP contribution < -0.4 is 0 Å². The molecule has 0 saturated heterocycles. The predicted octanol–water partition coefficient (Wildman–Crippen LogP) is 2.75. The van der Waals surface area contributed by atoms with E-state index in [1.54, 1.807) is 0 Å². The van der Waals surface area contributed by atoms with E-state index in [0.717, 1.165) is 34.6 Å².